The van der Waals surface area contributed by atoms with Gasteiger partial charge in [0.1, 0.15) is 5.75 Å². The van der Waals surface area contributed by atoms with Gasteiger partial charge < -0.3 is 10.1 Å². The first-order valence-electron chi connectivity index (χ1n) is 7.52. The normalized spacial score (nSPS) is 10.6. The van der Waals surface area contributed by atoms with Crippen molar-refractivity contribution in [3.8, 4) is 5.75 Å². The van der Waals surface area contributed by atoms with Gasteiger partial charge in [0.15, 0.2) is 0 Å². The number of amides is 1. The van der Waals surface area contributed by atoms with Crippen molar-refractivity contribution in [2.75, 3.05) is 25.5 Å². The van der Waals surface area contributed by atoms with E-state index < -0.39 is 0 Å². The fourth-order valence-electron chi connectivity index (χ4n) is 2.22. The highest BCUT2D eigenvalue weighted by molar-refractivity contribution is 9.10. The largest absolute Gasteiger partial charge is 0.497 e. The zero-order valence-electron chi connectivity index (χ0n) is 13.4. The van der Waals surface area contributed by atoms with Crippen LogP contribution in [0.5, 0.6) is 5.75 Å². The maximum Gasteiger partial charge on any atom is 0.238 e. The van der Waals surface area contributed by atoms with E-state index in [0.29, 0.717) is 6.54 Å². The van der Waals surface area contributed by atoms with Crippen LogP contribution in [-0.2, 0) is 11.3 Å². The number of methoxy groups -OCH3 is 1. The highest BCUT2D eigenvalue weighted by Gasteiger charge is 2.11. The number of anilines is 1. The minimum atomic E-state index is -0.0240. The Morgan fingerprint density at radius 1 is 1.17 bits per heavy atom. The molecule has 2 rings (SSSR count). The second kappa shape index (κ2) is 8.70. The molecule has 0 bridgehead atoms. The number of ether oxygens (including phenoxy) is 1. The van der Waals surface area contributed by atoms with Crippen LogP contribution < -0.4 is 10.1 Å². The lowest BCUT2D eigenvalue weighted by Crippen LogP contribution is -2.32. The molecule has 2 aromatic rings. The van der Waals surface area contributed by atoms with Crippen LogP contribution in [0, 0.1) is 0 Å². The van der Waals surface area contributed by atoms with E-state index in [4.69, 9.17) is 4.74 Å². The molecule has 2 aromatic carbocycles. The summed E-state index contributed by atoms with van der Waals surface area (Å²) in [5.74, 6) is 0.746. The third-order valence-electron chi connectivity index (χ3n) is 3.54. The molecular formula is C18H21BrN2O2. The minimum Gasteiger partial charge on any atom is -0.497 e. The molecule has 0 saturated carbocycles. The molecular weight excluding hydrogens is 356 g/mol. The Kier molecular flexibility index (Phi) is 6.62. The van der Waals surface area contributed by atoms with Gasteiger partial charge in [-0.2, -0.15) is 0 Å². The Morgan fingerprint density at radius 2 is 1.87 bits per heavy atom. The molecule has 122 valence electrons. The smallest absolute Gasteiger partial charge is 0.238 e. The summed E-state index contributed by atoms with van der Waals surface area (Å²) in [7, 11) is 1.62. The van der Waals surface area contributed by atoms with Crippen molar-refractivity contribution in [1.82, 2.24) is 4.90 Å². The molecule has 0 saturated heterocycles. The van der Waals surface area contributed by atoms with Crippen molar-refractivity contribution in [3.63, 3.8) is 0 Å². The van der Waals surface area contributed by atoms with Gasteiger partial charge in [-0.15, -0.1) is 0 Å². The third kappa shape index (κ3) is 5.37. The second-order valence-electron chi connectivity index (χ2n) is 5.17. The summed E-state index contributed by atoms with van der Waals surface area (Å²) in [6.45, 7) is 3.94. The van der Waals surface area contributed by atoms with Gasteiger partial charge in [0.25, 0.3) is 0 Å². The van der Waals surface area contributed by atoms with Crippen molar-refractivity contribution in [2.45, 2.75) is 13.5 Å². The van der Waals surface area contributed by atoms with Gasteiger partial charge in [-0.3, -0.25) is 9.69 Å². The Balaban J connectivity index is 1.92. The lowest BCUT2D eigenvalue weighted by atomic mass is 10.2. The van der Waals surface area contributed by atoms with E-state index in [9.17, 15) is 4.79 Å². The number of carbonyl (C=O) groups excluding carboxylic acids is 1. The van der Waals surface area contributed by atoms with Crippen LogP contribution in [0.4, 0.5) is 5.69 Å². The summed E-state index contributed by atoms with van der Waals surface area (Å²) in [5.41, 5.74) is 1.94. The summed E-state index contributed by atoms with van der Waals surface area (Å²) >= 11 is 3.55. The van der Waals surface area contributed by atoms with Crippen molar-refractivity contribution < 1.29 is 9.53 Å². The number of halogens is 1. The van der Waals surface area contributed by atoms with E-state index in [2.05, 4.69) is 39.1 Å². The van der Waals surface area contributed by atoms with Crippen LogP contribution in [-0.4, -0.2) is 31.0 Å². The van der Waals surface area contributed by atoms with Gasteiger partial charge in [-0.25, -0.2) is 0 Å². The molecule has 0 heterocycles. The molecule has 0 aliphatic rings. The Labute approximate surface area is 145 Å². The summed E-state index contributed by atoms with van der Waals surface area (Å²) in [6, 6.07) is 15.4. The standard InChI is InChI=1S/C18H21BrN2O2/c1-3-21(12-14-6-4-5-7-17(14)19)13-18(22)20-15-8-10-16(23-2)11-9-15/h4-11H,3,12-13H2,1-2H3,(H,20,22). The molecule has 0 aliphatic heterocycles. The third-order valence-corrected chi connectivity index (χ3v) is 4.31. The first-order chi connectivity index (χ1) is 11.1. The SMILES string of the molecule is CCN(CC(=O)Nc1ccc(OC)cc1)Cc1ccccc1Br. The predicted octanol–water partition coefficient (Wildman–Crippen LogP) is 3.92. The van der Waals surface area contributed by atoms with Crippen molar-refractivity contribution in [1.29, 1.82) is 0 Å². The lowest BCUT2D eigenvalue weighted by Gasteiger charge is -2.20. The Hall–Kier alpha value is -1.85. The van der Waals surface area contributed by atoms with Gasteiger partial charge in [-0.1, -0.05) is 41.1 Å². The van der Waals surface area contributed by atoms with Gasteiger partial charge in [-0.05, 0) is 42.4 Å². The average Bonchev–Trinajstić information content (AvgIpc) is 2.56. The molecule has 0 unspecified atom stereocenters. The number of rotatable bonds is 7. The number of nitrogens with one attached hydrogen (secondary N) is 1. The van der Waals surface area contributed by atoms with E-state index in [1.54, 1.807) is 7.11 Å². The molecule has 0 spiro atoms. The van der Waals surface area contributed by atoms with Crippen LogP contribution in [0.1, 0.15) is 12.5 Å². The molecule has 0 aromatic heterocycles. The maximum absolute atomic E-state index is 12.2. The fraction of sp³-hybridized carbons (Fsp3) is 0.278. The topological polar surface area (TPSA) is 41.6 Å². The minimum absolute atomic E-state index is 0.0240. The Bertz CT molecular complexity index is 644. The average molecular weight is 377 g/mol. The maximum atomic E-state index is 12.2. The highest BCUT2D eigenvalue weighted by atomic mass is 79.9. The molecule has 0 aliphatic carbocycles. The van der Waals surface area contributed by atoms with Gasteiger partial charge in [0.2, 0.25) is 5.91 Å². The molecule has 1 N–H and O–H groups in total. The van der Waals surface area contributed by atoms with Gasteiger partial charge in [0.05, 0.1) is 13.7 Å². The zero-order valence-corrected chi connectivity index (χ0v) is 15.0. The summed E-state index contributed by atoms with van der Waals surface area (Å²) in [5, 5.41) is 2.91. The number of hydrogen-bond acceptors (Lipinski definition) is 3. The zero-order chi connectivity index (χ0) is 16.7. The van der Waals surface area contributed by atoms with Crippen molar-refractivity contribution in [2.24, 2.45) is 0 Å². The van der Waals surface area contributed by atoms with Crippen LogP contribution in [0.15, 0.2) is 53.0 Å². The quantitative estimate of drug-likeness (QED) is 0.795. The van der Waals surface area contributed by atoms with E-state index in [1.807, 2.05) is 42.5 Å². The summed E-state index contributed by atoms with van der Waals surface area (Å²) in [4.78, 5) is 14.3. The van der Waals surface area contributed by atoms with Crippen LogP contribution in [0.2, 0.25) is 0 Å². The molecule has 0 fully saturated rings. The number of likely N-dealkylation sites (N-methyl/N-ethyl adjacent to an activating group) is 1. The molecule has 0 atom stereocenters. The van der Waals surface area contributed by atoms with E-state index >= 15 is 0 Å². The number of nitrogens with zero attached hydrogens (tertiary/aromatic N) is 1. The van der Waals surface area contributed by atoms with Crippen LogP contribution in [0.3, 0.4) is 0 Å². The molecule has 5 heteroatoms. The first-order valence-corrected chi connectivity index (χ1v) is 8.31. The van der Waals surface area contributed by atoms with E-state index in [0.717, 1.165) is 29.0 Å². The van der Waals surface area contributed by atoms with Crippen LogP contribution >= 0.6 is 15.9 Å². The lowest BCUT2D eigenvalue weighted by molar-refractivity contribution is -0.117. The molecule has 0 radical (unpaired) electrons. The Morgan fingerprint density at radius 3 is 2.48 bits per heavy atom. The molecule has 1 amide bonds. The first kappa shape index (κ1) is 17.5. The fourth-order valence-corrected chi connectivity index (χ4v) is 2.64. The van der Waals surface area contributed by atoms with Crippen molar-refractivity contribution >= 4 is 27.5 Å². The molecule has 23 heavy (non-hydrogen) atoms. The number of carbonyl (C=O) groups is 1. The summed E-state index contributed by atoms with van der Waals surface area (Å²) < 4.78 is 6.17. The van der Waals surface area contributed by atoms with Crippen molar-refractivity contribution in [3.05, 3.63) is 58.6 Å². The number of hydrogen-bond donors (Lipinski definition) is 1. The second-order valence-corrected chi connectivity index (χ2v) is 6.03. The van der Waals surface area contributed by atoms with Gasteiger partial charge >= 0.3 is 0 Å². The van der Waals surface area contributed by atoms with Crippen LogP contribution in [0.25, 0.3) is 0 Å². The highest BCUT2D eigenvalue weighted by Crippen LogP contribution is 2.18. The van der Waals surface area contributed by atoms with Gasteiger partial charge in [0, 0.05) is 16.7 Å². The van der Waals surface area contributed by atoms with E-state index in [-0.39, 0.29) is 5.91 Å². The predicted molar refractivity (Wildman–Crippen MR) is 96.7 cm³/mol. The number of benzene rings is 2. The van der Waals surface area contributed by atoms with E-state index in [1.165, 1.54) is 5.56 Å². The monoisotopic (exact) mass is 376 g/mol. The molecule has 4 nitrogen and oxygen atoms in total. The summed E-state index contributed by atoms with van der Waals surface area (Å²) in [6.07, 6.45) is 0.